The molecule has 0 aliphatic carbocycles. The van der Waals surface area contributed by atoms with Crippen LogP contribution in [0, 0.1) is 0 Å². The zero-order valence-corrected chi connectivity index (χ0v) is 11.4. The molecule has 0 unspecified atom stereocenters. The summed E-state index contributed by atoms with van der Waals surface area (Å²) < 4.78 is 1.39. The topological polar surface area (TPSA) is 97.1 Å². The van der Waals surface area contributed by atoms with Gasteiger partial charge in [0.15, 0.2) is 5.69 Å². The molecule has 1 aromatic heterocycles. The Morgan fingerprint density at radius 3 is 2.67 bits per heavy atom. The van der Waals surface area contributed by atoms with Crippen molar-refractivity contribution in [3.05, 3.63) is 47.8 Å². The fraction of sp³-hybridized carbons (Fsp3) is 0.286. The molecular formula is C14H16N4O3. The SMILES string of the molecule is O=C(CCc1ccccc1)NCCn1cc(C(=O)O)nn1. The number of hydrogen-bond donors (Lipinski definition) is 2. The van der Waals surface area contributed by atoms with Gasteiger partial charge in [-0.3, -0.25) is 4.79 Å². The summed E-state index contributed by atoms with van der Waals surface area (Å²) in [5.41, 5.74) is 1.01. The van der Waals surface area contributed by atoms with Crippen LogP contribution in [0.25, 0.3) is 0 Å². The first-order chi connectivity index (χ1) is 10.1. The Balaban J connectivity index is 1.68. The van der Waals surface area contributed by atoms with Crippen molar-refractivity contribution in [2.75, 3.05) is 6.54 Å². The van der Waals surface area contributed by atoms with Crippen LogP contribution in [0.5, 0.6) is 0 Å². The first kappa shape index (κ1) is 14.7. The second-order valence-electron chi connectivity index (χ2n) is 4.51. The van der Waals surface area contributed by atoms with E-state index in [9.17, 15) is 9.59 Å². The lowest BCUT2D eigenvalue weighted by atomic mass is 10.1. The molecule has 0 aliphatic rings. The highest BCUT2D eigenvalue weighted by atomic mass is 16.4. The standard InChI is InChI=1S/C14H16N4O3/c19-13(7-6-11-4-2-1-3-5-11)15-8-9-18-10-12(14(20)21)16-17-18/h1-5,10H,6-9H2,(H,15,19)(H,20,21). The molecule has 7 heteroatoms. The van der Waals surface area contributed by atoms with Gasteiger partial charge in [0.25, 0.3) is 0 Å². The molecule has 7 nitrogen and oxygen atoms in total. The zero-order valence-electron chi connectivity index (χ0n) is 11.4. The lowest BCUT2D eigenvalue weighted by molar-refractivity contribution is -0.121. The first-order valence-corrected chi connectivity index (χ1v) is 6.59. The Kier molecular flexibility index (Phi) is 5.03. The predicted octanol–water partition coefficient (Wildman–Crippen LogP) is 0.725. The molecule has 1 amide bonds. The van der Waals surface area contributed by atoms with Gasteiger partial charge in [-0.25, -0.2) is 9.48 Å². The second kappa shape index (κ2) is 7.18. The number of carboxylic acid groups (broad SMARTS) is 1. The van der Waals surface area contributed by atoms with E-state index in [4.69, 9.17) is 5.11 Å². The van der Waals surface area contributed by atoms with E-state index in [1.165, 1.54) is 10.9 Å². The maximum Gasteiger partial charge on any atom is 0.358 e. The average Bonchev–Trinajstić information content (AvgIpc) is 2.95. The Labute approximate surface area is 121 Å². The van der Waals surface area contributed by atoms with Crippen molar-refractivity contribution in [1.29, 1.82) is 0 Å². The molecule has 0 atom stereocenters. The molecule has 0 bridgehead atoms. The number of rotatable bonds is 7. The maximum atomic E-state index is 11.7. The largest absolute Gasteiger partial charge is 0.476 e. The molecule has 0 saturated carbocycles. The quantitative estimate of drug-likeness (QED) is 0.782. The lowest BCUT2D eigenvalue weighted by Crippen LogP contribution is -2.27. The third-order valence-electron chi connectivity index (χ3n) is 2.90. The molecule has 0 aliphatic heterocycles. The Morgan fingerprint density at radius 2 is 2.00 bits per heavy atom. The number of aromatic nitrogens is 3. The van der Waals surface area contributed by atoms with Crippen molar-refractivity contribution in [3.8, 4) is 0 Å². The van der Waals surface area contributed by atoms with Crippen molar-refractivity contribution in [3.63, 3.8) is 0 Å². The van der Waals surface area contributed by atoms with Crippen molar-refractivity contribution < 1.29 is 14.7 Å². The summed E-state index contributed by atoms with van der Waals surface area (Å²) in [5, 5.41) is 18.6. The lowest BCUT2D eigenvalue weighted by Gasteiger charge is -2.05. The van der Waals surface area contributed by atoms with Crippen LogP contribution >= 0.6 is 0 Å². The van der Waals surface area contributed by atoms with Crippen LogP contribution in [0.3, 0.4) is 0 Å². The van der Waals surface area contributed by atoms with Crippen molar-refractivity contribution >= 4 is 11.9 Å². The molecule has 0 spiro atoms. The number of amides is 1. The van der Waals surface area contributed by atoms with Gasteiger partial charge in [0.1, 0.15) is 0 Å². The number of aryl methyl sites for hydroxylation is 1. The monoisotopic (exact) mass is 288 g/mol. The molecule has 2 aromatic rings. The van der Waals surface area contributed by atoms with E-state index in [0.29, 0.717) is 25.9 Å². The van der Waals surface area contributed by atoms with E-state index in [1.54, 1.807) is 0 Å². The summed E-state index contributed by atoms with van der Waals surface area (Å²) in [5.74, 6) is -1.16. The second-order valence-corrected chi connectivity index (χ2v) is 4.51. The van der Waals surface area contributed by atoms with Gasteiger partial charge in [0, 0.05) is 13.0 Å². The summed E-state index contributed by atoms with van der Waals surface area (Å²) in [7, 11) is 0. The molecule has 21 heavy (non-hydrogen) atoms. The van der Waals surface area contributed by atoms with E-state index >= 15 is 0 Å². The van der Waals surface area contributed by atoms with E-state index < -0.39 is 5.97 Å². The highest BCUT2D eigenvalue weighted by Gasteiger charge is 2.08. The van der Waals surface area contributed by atoms with Gasteiger partial charge in [-0.15, -0.1) is 5.10 Å². The summed E-state index contributed by atoms with van der Waals surface area (Å²) in [6.07, 6.45) is 2.44. The zero-order chi connectivity index (χ0) is 15.1. The van der Waals surface area contributed by atoms with Crippen LogP contribution in [0.2, 0.25) is 0 Å². The third kappa shape index (κ3) is 4.72. The fourth-order valence-corrected chi connectivity index (χ4v) is 1.81. The smallest absolute Gasteiger partial charge is 0.358 e. The van der Waals surface area contributed by atoms with Crippen LogP contribution in [0.4, 0.5) is 0 Å². The number of carboxylic acids is 1. The number of hydrogen-bond acceptors (Lipinski definition) is 4. The van der Waals surface area contributed by atoms with Gasteiger partial charge < -0.3 is 10.4 Å². The first-order valence-electron chi connectivity index (χ1n) is 6.59. The number of benzene rings is 1. The highest BCUT2D eigenvalue weighted by Crippen LogP contribution is 2.01. The Bertz CT molecular complexity index is 610. The summed E-state index contributed by atoms with van der Waals surface area (Å²) in [4.78, 5) is 22.3. The number of aromatic carboxylic acids is 1. The molecule has 0 saturated heterocycles. The number of carbonyl (C=O) groups is 2. The summed E-state index contributed by atoms with van der Waals surface area (Å²) in [6, 6.07) is 9.79. The average molecular weight is 288 g/mol. The fourth-order valence-electron chi connectivity index (χ4n) is 1.81. The van der Waals surface area contributed by atoms with Crippen LogP contribution in [-0.4, -0.2) is 38.5 Å². The van der Waals surface area contributed by atoms with E-state index in [2.05, 4.69) is 15.6 Å². The van der Waals surface area contributed by atoms with Crippen LogP contribution in [0.15, 0.2) is 36.5 Å². The van der Waals surface area contributed by atoms with Crippen molar-refractivity contribution in [1.82, 2.24) is 20.3 Å². The number of nitrogens with zero attached hydrogens (tertiary/aromatic N) is 3. The van der Waals surface area contributed by atoms with Gasteiger partial charge in [-0.05, 0) is 12.0 Å². The van der Waals surface area contributed by atoms with Crippen molar-refractivity contribution in [2.24, 2.45) is 0 Å². The van der Waals surface area contributed by atoms with Crippen LogP contribution in [0.1, 0.15) is 22.5 Å². The summed E-state index contributed by atoms with van der Waals surface area (Å²) >= 11 is 0. The van der Waals surface area contributed by atoms with Crippen molar-refractivity contribution in [2.45, 2.75) is 19.4 Å². The summed E-state index contributed by atoms with van der Waals surface area (Å²) in [6.45, 7) is 0.771. The van der Waals surface area contributed by atoms with Gasteiger partial charge in [0.05, 0.1) is 12.7 Å². The molecule has 0 fully saturated rings. The van der Waals surface area contributed by atoms with Crippen LogP contribution in [-0.2, 0) is 17.8 Å². The van der Waals surface area contributed by atoms with Gasteiger partial charge in [-0.2, -0.15) is 0 Å². The van der Waals surface area contributed by atoms with Gasteiger partial charge in [0.2, 0.25) is 5.91 Å². The van der Waals surface area contributed by atoms with Crippen LogP contribution < -0.4 is 5.32 Å². The number of carbonyl (C=O) groups excluding carboxylic acids is 1. The molecule has 1 aromatic carbocycles. The highest BCUT2D eigenvalue weighted by molar-refractivity contribution is 5.84. The van der Waals surface area contributed by atoms with E-state index in [0.717, 1.165) is 5.56 Å². The minimum Gasteiger partial charge on any atom is -0.476 e. The molecule has 0 radical (unpaired) electrons. The Hall–Kier alpha value is -2.70. The molecule has 2 N–H and O–H groups in total. The van der Waals surface area contributed by atoms with Gasteiger partial charge >= 0.3 is 5.97 Å². The Morgan fingerprint density at radius 1 is 1.24 bits per heavy atom. The van der Waals surface area contributed by atoms with Gasteiger partial charge in [-0.1, -0.05) is 35.5 Å². The molecule has 2 rings (SSSR count). The minimum atomic E-state index is -1.12. The number of nitrogens with one attached hydrogen (secondary N) is 1. The molecule has 1 heterocycles. The van der Waals surface area contributed by atoms with E-state index in [-0.39, 0.29) is 11.6 Å². The predicted molar refractivity (Wildman–Crippen MR) is 74.8 cm³/mol. The van der Waals surface area contributed by atoms with E-state index in [1.807, 2.05) is 30.3 Å². The molecule has 110 valence electrons. The maximum absolute atomic E-state index is 11.7. The third-order valence-corrected chi connectivity index (χ3v) is 2.90. The molecular weight excluding hydrogens is 272 g/mol. The normalized spacial score (nSPS) is 10.3. The minimum absolute atomic E-state index is 0.0440.